The fraction of sp³-hybridized carbons (Fsp3) is 0.600. The summed E-state index contributed by atoms with van der Waals surface area (Å²) in [7, 11) is 0. The van der Waals surface area contributed by atoms with Gasteiger partial charge in [0.25, 0.3) is 0 Å². The zero-order valence-electron chi connectivity index (χ0n) is 4.06. The number of allylic oxidation sites excluding steroid dienone is 1. The summed E-state index contributed by atoms with van der Waals surface area (Å²) in [5, 5.41) is 0.843. The van der Waals surface area contributed by atoms with Gasteiger partial charge >= 0.3 is 0 Å². The van der Waals surface area contributed by atoms with Crippen LogP contribution >= 0.6 is 11.8 Å². The van der Waals surface area contributed by atoms with Gasteiger partial charge in [-0.3, -0.25) is 0 Å². The molecule has 1 heterocycles. The zero-order chi connectivity index (χ0) is 4.57. The van der Waals surface area contributed by atoms with Gasteiger partial charge < -0.3 is 0 Å². The van der Waals surface area contributed by atoms with E-state index in [1.165, 1.54) is 0 Å². The molecule has 1 unspecified atom stereocenters. The smallest absolute Gasteiger partial charge is 0.0370 e. The quantitative estimate of drug-likeness (QED) is 0.420. The summed E-state index contributed by atoms with van der Waals surface area (Å²) in [6.45, 7) is 4.31. The Morgan fingerprint density at radius 3 is 2.33 bits per heavy atom. The van der Waals surface area contributed by atoms with E-state index in [2.05, 4.69) is 19.9 Å². The first kappa shape index (κ1) is 4.25. The van der Waals surface area contributed by atoms with Crippen LogP contribution in [0.3, 0.4) is 0 Å². The monoisotopic (exact) mass is 100 g/mol. The summed E-state index contributed by atoms with van der Waals surface area (Å²) in [6.07, 6.45) is 2.18. The molecule has 0 radical (unpaired) electrons. The van der Waals surface area contributed by atoms with Crippen molar-refractivity contribution in [2.24, 2.45) is 0 Å². The van der Waals surface area contributed by atoms with E-state index in [4.69, 9.17) is 0 Å². The Bertz CT molecular complexity index is 83.9. The summed E-state index contributed by atoms with van der Waals surface area (Å²) in [5.41, 5.74) is 0. The van der Waals surface area contributed by atoms with Crippen LogP contribution in [0.25, 0.3) is 0 Å². The van der Waals surface area contributed by atoms with Crippen LogP contribution in [0.2, 0.25) is 0 Å². The molecule has 0 spiro atoms. The van der Waals surface area contributed by atoms with Gasteiger partial charge in [0, 0.05) is 5.25 Å². The van der Waals surface area contributed by atoms with Gasteiger partial charge in [0.2, 0.25) is 0 Å². The number of rotatable bonds is 0. The molecular weight excluding hydrogens is 92.1 g/mol. The van der Waals surface area contributed by atoms with Crippen LogP contribution in [0.5, 0.6) is 0 Å². The van der Waals surface area contributed by atoms with Crippen LogP contribution in [0.4, 0.5) is 0 Å². The highest BCUT2D eigenvalue weighted by Crippen LogP contribution is 2.45. The highest BCUT2D eigenvalue weighted by molar-refractivity contribution is 8.11. The third kappa shape index (κ3) is 0.597. The molecular formula is C5H8S. The highest BCUT2D eigenvalue weighted by Gasteiger charge is 2.23. The first-order valence-corrected chi connectivity index (χ1v) is 3.05. The average Bonchev–Trinajstić information content (AvgIpc) is 2.19. The largest absolute Gasteiger partial charge is 0.121 e. The predicted octanol–water partition coefficient (Wildman–Crippen LogP) is 2.03. The number of hydrogen-bond acceptors (Lipinski definition) is 1. The van der Waals surface area contributed by atoms with Gasteiger partial charge in [0.1, 0.15) is 0 Å². The predicted molar refractivity (Wildman–Crippen MR) is 30.8 cm³/mol. The molecule has 0 aromatic heterocycles. The zero-order valence-corrected chi connectivity index (χ0v) is 4.88. The number of thioether (sulfide) groups is 1. The molecule has 0 aromatic rings. The van der Waals surface area contributed by atoms with E-state index >= 15 is 0 Å². The molecule has 6 heavy (non-hydrogen) atoms. The Kier molecular flexibility index (Phi) is 0.922. The van der Waals surface area contributed by atoms with Crippen LogP contribution in [0, 0.1) is 0 Å². The topological polar surface area (TPSA) is 0 Å². The second-order valence-electron chi connectivity index (χ2n) is 1.45. The van der Waals surface area contributed by atoms with E-state index in [1.807, 2.05) is 11.8 Å². The molecule has 1 rings (SSSR count). The Morgan fingerprint density at radius 1 is 1.83 bits per heavy atom. The van der Waals surface area contributed by atoms with Crippen molar-refractivity contribution in [3.05, 3.63) is 11.0 Å². The van der Waals surface area contributed by atoms with Crippen molar-refractivity contribution >= 4 is 11.8 Å². The average molecular weight is 100 g/mol. The molecule has 0 aliphatic carbocycles. The minimum atomic E-state index is 0.843. The van der Waals surface area contributed by atoms with E-state index in [9.17, 15) is 0 Å². The van der Waals surface area contributed by atoms with Crippen LogP contribution in [-0.2, 0) is 0 Å². The second kappa shape index (κ2) is 1.30. The Balaban J connectivity index is 2.44. The lowest BCUT2D eigenvalue weighted by Gasteiger charge is -1.59. The van der Waals surface area contributed by atoms with Crippen LogP contribution < -0.4 is 0 Å². The van der Waals surface area contributed by atoms with Crippen molar-refractivity contribution in [2.45, 2.75) is 19.1 Å². The van der Waals surface area contributed by atoms with Crippen molar-refractivity contribution in [3.63, 3.8) is 0 Å². The van der Waals surface area contributed by atoms with E-state index < -0.39 is 0 Å². The molecule has 0 nitrogen and oxygen atoms in total. The standard InChI is InChI=1S/C5H8S/c1-3-5-4(2)6-5/h3-4H,1-2H3/b5-3-. The SMILES string of the molecule is C/C=C1\SC1C. The summed E-state index contributed by atoms with van der Waals surface area (Å²) in [6, 6.07) is 0. The minimum Gasteiger partial charge on any atom is -0.121 e. The van der Waals surface area contributed by atoms with Crippen LogP contribution in [0.15, 0.2) is 11.0 Å². The maximum Gasteiger partial charge on any atom is 0.0370 e. The molecule has 0 amide bonds. The minimum absolute atomic E-state index is 0.843. The van der Waals surface area contributed by atoms with Gasteiger partial charge in [0.15, 0.2) is 0 Å². The molecule has 1 heteroatoms. The molecule has 1 atom stereocenters. The van der Waals surface area contributed by atoms with E-state index in [1.54, 1.807) is 4.91 Å². The summed E-state index contributed by atoms with van der Waals surface area (Å²) >= 11 is 1.95. The Labute approximate surface area is 42.6 Å². The first-order valence-electron chi connectivity index (χ1n) is 2.17. The summed E-state index contributed by atoms with van der Waals surface area (Å²) in [5.74, 6) is 0. The normalized spacial score (nSPS) is 37.7. The maximum absolute atomic E-state index is 2.22. The molecule has 0 bridgehead atoms. The fourth-order valence-electron chi connectivity index (χ4n) is 0.473. The highest BCUT2D eigenvalue weighted by atomic mass is 32.2. The summed E-state index contributed by atoms with van der Waals surface area (Å²) < 4.78 is 0. The Hall–Kier alpha value is 0.0900. The lowest BCUT2D eigenvalue weighted by molar-refractivity contribution is 1.31. The molecule has 1 aliphatic heterocycles. The van der Waals surface area contributed by atoms with Gasteiger partial charge in [-0.1, -0.05) is 6.08 Å². The van der Waals surface area contributed by atoms with Gasteiger partial charge in [-0.15, -0.1) is 11.8 Å². The maximum atomic E-state index is 2.22. The van der Waals surface area contributed by atoms with Crippen LogP contribution in [0.1, 0.15) is 13.8 Å². The van der Waals surface area contributed by atoms with Crippen molar-refractivity contribution in [1.29, 1.82) is 0 Å². The fourth-order valence-corrected chi connectivity index (χ4v) is 1.09. The van der Waals surface area contributed by atoms with Crippen molar-refractivity contribution in [3.8, 4) is 0 Å². The third-order valence-electron chi connectivity index (χ3n) is 0.941. The number of hydrogen-bond donors (Lipinski definition) is 0. The van der Waals surface area contributed by atoms with E-state index in [0.29, 0.717) is 0 Å². The van der Waals surface area contributed by atoms with Crippen molar-refractivity contribution in [1.82, 2.24) is 0 Å². The third-order valence-corrected chi connectivity index (χ3v) is 2.16. The lowest BCUT2D eigenvalue weighted by atomic mass is 10.4. The van der Waals surface area contributed by atoms with Crippen molar-refractivity contribution < 1.29 is 0 Å². The molecule has 1 aliphatic rings. The molecule has 0 aromatic carbocycles. The lowest BCUT2D eigenvalue weighted by Crippen LogP contribution is -1.58. The van der Waals surface area contributed by atoms with Gasteiger partial charge in [-0.25, -0.2) is 0 Å². The van der Waals surface area contributed by atoms with Gasteiger partial charge in [0.05, 0.1) is 0 Å². The molecule has 1 fully saturated rings. The van der Waals surface area contributed by atoms with E-state index in [0.717, 1.165) is 5.25 Å². The second-order valence-corrected chi connectivity index (χ2v) is 2.87. The molecule has 34 valence electrons. The molecule has 0 N–H and O–H groups in total. The van der Waals surface area contributed by atoms with Crippen molar-refractivity contribution in [2.75, 3.05) is 0 Å². The van der Waals surface area contributed by atoms with Gasteiger partial charge in [-0.05, 0) is 18.8 Å². The van der Waals surface area contributed by atoms with Gasteiger partial charge in [-0.2, -0.15) is 0 Å². The van der Waals surface area contributed by atoms with Crippen LogP contribution in [-0.4, -0.2) is 5.25 Å². The molecule has 0 saturated carbocycles. The van der Waals surface area contributed by atoms with E-state index in [-0.39, 0.29) is 0 Å². The molecule has 1 saturated heterocycles. The Morgan fingerprint density at radius 2 is 2.33 bits per heavy atom. The first-order chi connectivity index (χ1) is 2.84. The summed E-state index contributed by atoms with van der Waals surface area (Å²) in [4.78, 5) is 1.55.